The van der Waals surface area contributed by atoms with Crippen LogP contribution in [0.4, 0.5) is 13.6 Å². The van der Waals surface area contributed by atoms with Gasteiger partial charge in [-0.3, -0.25) is 19.2 Å². The molecule has 15 heteroatoms. The first-order chi connectivity index (χ1) is 24.6. The fraction of sp³-hybridized carbons (Fsp3) is 0.816. The van der Waals surface area contributed by atoms with Crippen molar-refractivity contribution in [3.63, 3.8) is 0 Å². The van der Waals surface area contributed by atoms with Crippen LogP contribution in [0.15, 0.2) is 12.7 Å². The average Bonchev–Trinajstić information content (AvgIpc) is 3.38. The third-order valence-electron chi connectivity index (χ3n) is 13.0. The molecule has 1 aliphatic heterocycles. The number of piperidine rings is 1. The van der Waals surface area contributed by atoms with Gasteiger partial charge in [0.25, 0.3) is 5.91 Å². The molecular weight excluding hydrogens is 709 g/mol. The molecule has 300 valence electrons. The molecule has 0 bridgehead atoms. The van der Waals surface area contributed by atoms with Gasteiger partial charge >= 0.3 is 6.03 Å². The Kier molecular flexibility index (Phi) is 13.1. The molecule has 0 aromatic heterocycles. The second-order valence-corrected chi connectivity index (χ2v) is 20.0. The zero-order valence-electron chi connectivity index (χ0n) is 32.3. The fourth-order valence-corrected chi connectivity index (χ4v) is 10.9. The number of urea groups is 1. The summed E-state index contributed by atoms with van der Waals surface area (Å²) in [6, 6.07) is -4.68. The maximum Gasteiger partial charge on any atom is 0.315 e. The molecule has 12 nitrogen and oxygen atoms in total. The number of likely N-dealkylation sites (tertiary alicyclic amines) is 1. The lowest BCUT2D eigenvalue weighted by Gasteiger charge is -2.44. The molecule has 0 radical (unpaired) electrons. The van der Waals surface area contributed by atoms with Crippen molar-refractivity contribution < 1.29 is 41.2 Å². The largest absolute Gasteiger partial charge is 0.346 e. The number of Topliss-reactive ketones (excluding diaryl/α,β-unsaturated/α-hetero) is 1. The van der Waals surface area contributed by atoms with Gasteiger partial charge < -0.3 is 26.2 Å². The smallest absolute Gasteiger partial charge is 0.315 e. The molecule has 0 spiro atoms. The number of amides is 5. The summed E-state index contributed by atoms with van der Waals surface area (Å²) in [5.41, 5.74) is -2.06. The van der Waals surface area contributed by atoms with Gasteiger partial charge in [0.1, 0.15) is 18.1 Å². The van der Waals surface area contributed by atoms with Gasteiger partial charge in [-0.2, -0.15) is 0 Å². The van der Waals surface area contributed by atoms with Gasteiger partial charge in [-0.25, -0.2) is 22.0 Å². The van der Waals surface area contributed by atoms with Crippen LogP contribution in [0, 0.1) is 22.7 Å². The highest BCUT2D eigenvalue weighted by Crippen LogP contribution is 2.65. The third kappa shape index (κ3) is 9.24. The molecule has 5 atom stereocenters. The van der Waals surface area contributed by atoms with E-state index in [9.17, 15) is 41.2 Å². The van der Waals surface area contributed by atoms with Crippen molar-refractivity contribution >= 4 is 39.4 Å². The summed E-state index contributed by atoms with van der Waals surface area (Å²) >= 11 is 0. The van der Waals surface area contributed by atoms with Crippen LogP contribution in [0.5, 0.6) is 0 Å². The van der Waals surface area contributed by atoms with Crippen molar-refractivity contribution in [2.75, 3.05) is 18.8 Å². The molecule has 5 amide bonds. The molecule has 1 unspecified atom stereocenters. The first-order valence-corrected chi connectivity index (χ1v) is 20.9. The van der Waals surface area contributed by atoms with Crippen LogP contribution in [0.3, 0.4) is 0 Å². The summed E-state index contributed by atoms with van der Waals surface area (Å²) < 4.78 is 53.6. The number of carbonyl (C=O) groups is 5. The maximum absolute atomic E-state index is 14.8. The molecule has 0 aromatic rings. The number of fused-ring (bicyclic) bond motifs is 1. The lowest BCUT2D eigenvalue weighted by atomic mass is 9.70. The normalized spacial score (nSPS) is 25.7. The van der Waals surface area contributed by atoms with E-state index in [1.807, 2.05) is 27.7 Å². The van der Waals surface area contributed by atoms with Gasteiger partial charge in [-0.15, -0.1) is 6.58 Å². The lowest BCUT2D eigenvalue weighted by Crippen LogP contribution is -2.65. The minimum Gasteiger partial charge on any atom is -0.346 e. The van der Waals surface area contributed by atoms with E-state index >= 15 is 0 Å². The van der Waals surface area contributed by atoms with Crippen molar-refractivity contribution in [1.29, 1.82) is 0 Å². The maximum atomic E-state index is 14.8. The Morgan fingerprint density at radius 3 is 2.08 bits per heavy atom. The lowest BCUT2D eigenvalue weighted by molar-refractivity contribution is -0.146. The van der Waals surface area contributed by atoms with Gasteiger partial charge in [0.15, 0.2) is 9.84 Å². The number of nitrogens with one attached hydrogen (secondary N) is 4. The fourth-order valence-electron chi connectivity index (χ4n) is 8.96. The Bertz CT molecular complexity index is 1520. The van der Waals surface area contributed by atoms with Gasteiger partial charge in [-0.1, -0.05) is 72.3 Å². The SMILES string of the molecule is C=CCNC(=O)C(=O)C(CC(F)F)NC(=O)[C@@H]1[C@@H]2[C@H](CN1C(=O)[C@@H](NC(=O)NC1(CS(=O)(=O)C(C)(C)CC)CCCCC1)C1(C)CCCCC1)C2(C)C. The number of rotatable bonds is 16. The third-order valence-corrected chi connectivity index (χ3v) is 15.9. The average molecular weight is 770 g/mol. The molecule has 3 aliphatic carbocycles. The van der Waals surface area contributed by atoms with E-state index in [-0.39, 0.29) is 36.1 Å². The van der Waals surface area contributed by atoms with Gasteiger partial charge in [0, 0.05) is 19.5 Å². The molecule has 53 heavy (non-hydrogen) atoms. The Labute approximate surface area is 313 Å². The topological polar surface area (TPSA) is 171 Å². The minimum atomic E-state index is -3.63. The van der Waals surface area contributed by atoms with Crippen molar-refractivity contribution in [3.8, 4) is 0 Å². The van der Waals surface area contributed by atoms with Crippen LogP contribution in [0.1, 0.15) is 119 Å². The van der Waals surface area contributed by atoms with Crippen LogP contribution in [0.2, 0.25) is 0 Å². The van der Waals surface area contributed by atoms with E-state index < -0.39 is 86.0 Å². The van der Waals surface area contributed by atoms with Gasteiger partial charge in [0.2, 0.25) is 24.0 Å². The standard InChI is InChI=1S/C38H61F2N5O7S/c1-8-20-41-32(48)29(46)25(21-26(39)40)42-31(47)28-27-24(36(27,5)6)22-45(28)33(49)30(37(7)16-12-10-13-17-37)43-34(50)44-38(18-14-11-15-19-38)23-53(51,52)35(3,4)9-2/h8,24-28,30H,1,9-23H2,2-7H3,(H,41,48)(H,42,47)(H2,43,44,50)/t24-,25?,27-,28-,30+/m0/s1. The highest BCUT2D eigenvalue weighted by molar-refractivity contribution is 7.92. The van der Waals surface area contributed by atoms with Crippen molar-refractivity contribution in [1.82, 2.24) is 26.2 Å². The van der Waals surface area contributed by atoms with Gasteiger partial charge in [0.05, 0.1) is 16.0 Å². The van der Waals surface area contributed by atoms with Crippen molar-refractivity contribution in [3.05, 3.63) is 12.7 Å². The highest BCUT2D eigenvalue weighted by atomic mass is 32.2. The molecule has 0 aromatic carbocycles. The summed E-state index contributed by atoms with van der Waals surface area (Å²) in [6.07, 6.45) is 4.88. The number of nitrogens with zero attached hydrogens (tertiary/aromatic N) is 1. The summed E-state index contributed by atoms with van der Waals surface area (Å²) in [5, 5.41) is 10.6. The van der Waals surface area contributed by atoms with Crippen molar-refractivity contribution in [2.45, 2.75) is 153 Å². The summed E-state index contributed by atoms with van der Waals surface area (Å²) in [6.45, 7) is 14.6. The van der Waals surface area contributed by atoms with Crippen LogP contribution in [-0.4, -0.2) is 96.5 Å². The van der Waals surface area contributed by atoms with E-state index in [2.05, 4.69) is 27.8 Å². The van der Waals surface area contributed by atoms with E-state index in [0.717, 1.165) is 38.5 Å². The molecular formula is C38H61F2N5O7S. The molecule has 1 heterocycles. The monoisotopic (exact) mass is 769 g/mol. The van der Waals surface area contributed by atoms with Crippen LogP contribution < -0.4 is 21.3 Å². The van der Waals surface area contributed by atoms with Gasteiger partial charge in [-0.05, 0) is 68.6 Å². The van der Waals surface area contributed by atoms with Crippen LogP contribution in [0.25, 0.3) is 0 Å². The van der Waals surface area contributed by atoms with Crippen LogP contribution >= 0.6 is 0 Å². The number of sulfone groups is 1. The second kappa shape index (κ2) is 16.3. The second-order valence-electron chi connectivity index (χ2n) is 17.4. The molecule has 4 N–H and O–H groups in total. The number of ketones is 1. The zero-order valence-corrected chi connectivity index (χ0v) is 33.1. The number of alkyl halides is 2. The van der Waals surface area contributed by atoms with E-state index in [1.54, 1.807) is 13.8 Å². The zero-order chi connectivity index (χ0) is 39.6. The Morgan fingerprint density at radius 2 is 1.53 bits per heavy atom. The number of hydrogen-bond donors (Lipinski definition) is 4. The Balaban J connectivity index is 1.63. The predicted molar refractivity (Wildman–Crippen MR) is 198 cm³/mol. The molecule has 4 rings (SSSR count). The predicted octanol–water partition coefficient (Wildman–Crippen LogP) is 4.43. The first-order valence-electron chi connectivity index (χ1n) is 19.3. The number of hydrogen-bond acceptors (Lipinski definition) is 7. The Morgan fingerprint density at radius 1 is 0.943 bits per heavy atom. The van der Waals surface area contributed by atoms with Crippen molar-refractivity contribution in [2.24, 2.45) is 22.7 Å². The molecule has 4 fully saturated rings. The summed E-state index contributed by atoms with van der Waals surface area (Å²) in [4.78, 5) is 69.7. The minimum absolute atomic E-state index is 0.0723. The first kappa shape index (κ1) is 42.6. The highest BCUT2D eigenvalue weighted by Gasteiger charge is 2.70. The summed E-state index contributed by atoms with van der Waals surface area (Å²) in [7, 11) is -3.63. The summed E-state index contributed by atoms with van der Waals surface area (Å²) in [5.74, 6) is -4.32. The molecule has 4 aliphatic rings. The molecule has 3 saturated carbocycles. The number of halogens is 2. The van der Waals surface area contributed by atoms with E-state index in [4.69, 9.17) is 0 Å². The number of carbonyl (C=O) groups excluding carboxylic acids is 5. The van der Waals surface area contributed by atoms with E-state index in [0.29, 0.717) is 32.1 Å². The quantitative estimate of drug-likeness (QED) is 0.133. The molecule has 1 saturated heterocycles. The van der Waals surface area contributed by atoms with E-state index in [1.165, 1.54) is 11.0 Å². The van der Waals surface area contributed by atoms with Crippen LogP contribution in [-0.2, 0) is 29.0 Å². The Hall–Kier alpha value is -3.10.